The highest BCUT2D eigenvalue weighted by atomic mass is 16.3. The molecule has 3 heterocycles. The Hall–Kier alpha value is -8.60. The average molecular weight is 820 g/mol. The van der Waals surface area contributed by atoms with Crippen molar-refractivity contribution in [3.05, 3.63) is 224 Å². The molecule has 4 heteroatoms. The zero-order valence-electron chi connectivity index (χ0n) is 34.5. The minimum absolute atomic E-state index is 0.847. The summed E-state index contributed by atoms with van der Waals surface area (Å²) in [4.78, 5) is 2.31. The van der Waals surface area contributed by atoms with E-state index in [-0.39, 0.29) is 0 Å². The minimum atomic E-state index is 0.847. The van der Waals surface area contributed by atoms with E-state index in [0.29, 0.717) is 0 Å². The van der Waals surface area contributed by atoms with Gasteiger partial charge in [-0.25, -0.2) is 0 Å². The second kappa shape index (κ2) is 14.5. The zero-order valence-corrected chi connectivity index (χ0v) is 34.5. The van der Waals surface area contributed by atoms with E-state index >= 15 is 0 Å². The van der Waals surface area contributed by atoms with Crippen LogP contribution in [0.3, 0.4) is 0 Å². The van der Waals surface area contributed by atoms with E-state index in [4.69, 9.17) is 13.3 Å². The normalized spacial score (nSPS) is 11.8. The predicted molar refractivity (Wildman–Crippen MR) is 265 cm³/mol. The lowest BCUT2D eigenvalue weighted by Crippen LogP contribution is -2.09. The standard InChI is InChI=1S/C60H37NO3/c1-3-13-38(14-4-1)39-23-27-42(28-24-39)61(44-31-32-46-45-17-7-10-20-51(45)64-56(46)37-44)43-29-25-41(26-30-43)58-48(34-36-55-60(58)50-19-9-12-22-53(50)63-55)47-33-35-54-59(49-18-8-11-21-52(49)62-54)57(47)40-15-5-2-6-16-40/h1-37H. The Bertz CT molecular complexity index is 3880. The maximum absolute atomic E-state index is 6.58. The molecule has 0 saturated heterocycles. The molecule has 0 aliphatic carbocycles. The molecular formula is C60H37NO3. The van der Waals surface area contributed by atoms with E-state index in [1.807, 2.05) is 24.3 Å². The van der Waals surface area contributed by atoms with E-state index in [0.717, 1.165) is 122 Å². The van der Waals surface area contributed by atoms with Gasteiger partial charge in [-0.2, -0.15) is 0 Å². The van der Waals surface area contributed by atoms with Crippen LogP contribution in [0, 0.1) is 0 Å². The summed E-state index contributed by atoms with van der Waals surface area (Å²) in [6, 6.07) is 79.2. The van der Waals surface area contributed by atoms with Gasteiger partial charge in [0, 0.05) is 66.6 Å². The van der Waals surface area contributed by atoms with Crippen molar-refractivity contribution in [2.45, 2.75) is 0 Å². The number of anilines is 3. The first kappa shape index (κ1) is 36.1. The molecule has 0 amide bonds. The Morgan fingerprint density at radius 2 is 0.641 bits per heavy atom. The van der Waals surface area contributed by atoms with Gasteiger partial charge in [-0.15, -0.1) is 0 Å². The molecule has 0 radical (unpaired) electrons. The number of fused-ring (bicyclic) bond motifs is 9. The van der Waals surface area contributed by atoms with Crippen LogP contribution in [-0.2, 0) is 0 Å². The number of rotatable bonds is 7. The van der Waals surface area contributed by atoms with Gasteiger partial charge in [-0.05, 0) is 112 Å². The molecule has 0 atom stereocenters. The lowest BCUT2D eigenvalue weighted by atomic mass is 9.85. The molecule has 0 fully saturated rings. The van der Waals surface area contributed by atoms with Crippen molar-refractivity contribution in [3.63, 3.8) is 0 Å². The number of nitrogens with zero attached hydrogens (tertiary/aromatic N) is 1. The van der Waals surface area contributed by atoms with Crippen molar-refractivity contribution in [2.75, 3.05) is 4.90 Å². The van der Waals surface area contributed by atoms with Gasteiger partial charge < -0.3 is 18.2 Å². The van der Waals surface area contributed by atoms with E-state index in [2.05, 4.69) is 205 Å². The monoisotopic (exact) mass is 819 g/mol. The Labute approximate surface area is 368 Å². The molecule has 13 aromatic rings. The molecule has 3 aromatic heterocycles. The lowest BCUT2D eigenvalue weighted by Gasteiger charge is -2.26. The van der Waals surface area contributed by atoms with Crippen LogP contribution >= 0.6 is 0 Å². The van der Waals surface area contributed by atoms with E-state index in [1.54, 1.807) is 0 Å². The first-order valence-corrected chi connectivity index (χ1v) is 21.7. The number of hydrogen-bond donors (Lipinski definition) is 0. The van der Waals surface area contributed by atoms with Gasteiger partial charge in [0.2, 0.25) is 0 Å². The first-order chi connectivity index (χ1) is 31.7. The third-order valence-electron chi connectivity index (χ3n) is 12.7. The van der Waals surface area contributed by atoms with Gasteiger partial charge in [-0.3, -0.25) is 0 Å². The lowest BCUT2D eigenvalue weighted by molar-refractivity contribution is 0.668. The zero-order chi connectivity index (χ0) is 42.1. The molecular weight excluding hydrogens is 783 g/mol. The highest BCUT2D eigenvalue weighted by Crippen LogP contribution is 2.49. The number of furan rings is 3. The highest BCUT2D eigenvalue weighted by molar-refractivity contribution is 6.20. The summed E-state index contributed by atoms with van der Waals surface area (Å²) in [5, 5.41) is 6.57. The largest absolute Gasteiger partial charge is 0.456 e. The van der Waals surface area contributed by atoms with E-state index in [1.165, 1.54) is 5.56 Å². The summed E-state index contributed by atoms with van der Waals surface area (Å²) < 4.78 is 19.5. The van der Waals surface area contributed by atoms with Crippen LogP contribution in [-0.4, -0.2) is 0 Å². The van der Waals surface area contributed by atoms with Crippen molar-refractivity contribution < 1.29 is 13.3 Å². The van der Waals surface area contributed by atoms with Crippen LogP contribution in [0.2, 0.25) is 0 Å². The van der Waals surface area contributed by atoms with Crippen molar-refractivity contribution >= 4 is 82.9 Å². The average Bonchev–Trinajstić information content (AvgIpc) is 4.06. The van der Waals surface area contributed by atoms with Gasteiger partial charge in [-0.1, -0.05) is 140 Å². The summed E-state index contributed by atoms with van der Waals surface area (Å²) in [7, 11) is 0. The smallest absolute Gasteiger partial charge is 0.137 e. The highest BCUT2D eigenvalue weighted by Gasteiger charge is 2.24. The molecule has 0 bridgehead atoms. The fraction of sp³-hybridized carbons (Fsp3) is 0. The maximum Gasteiger partial charge on any atom is 0.137 e. The molecule has 0 aliphatic heterocycles. The molecule has 64 heavy (non-hydrogen) atoms. The number of para-hydroxylation sites is 3. The first-order valence-electron chi connectivity index (χ1n) is 21.7. The molecule has 0 N–H and O–H groups in total. The summed E-state index contributed by atoms with van der Waals surface area (Å²) in [6.45, 7) is 0. The molecule has 0 saturated carbocycles. The minimum Gasteiger partial charge on any atom is -0.456 e. The fourth-order valence-electron chi connectivity index (χ4n) is 9.80. The molecule has 4 nitrogen and oxygen atoms in total. The van der Waals surface area contributed by atoms with Gasteiger partial charge in [0.25, 0.3) is 0 Å². The SMILES string of the molecule is c1ccc(-c2ccc(N(c3ccc(-c4c(-c5ccc6oc7ccccc7c6c5-c5ccccc5)ccc5oc6ccccc6c45)cc3)c3ccc4c(c3)oc3ccccc34)cc2)cc1. The third-order valence-corrected chi connectivity index (χ3v) is 12.7. The number of hydrogen-bond acceptors (Lipinski definition) is 4. The summed E-state index contributed by atoms with van der Waals surface area (Å²) in [5.74, 6) is 0. The van der Waals surface area contributed by atoms with Crippen molar-refractivity contribution in [2.24, 2.45) is 0 Å². The second-order valence-electron chi connectivity index (χ2n) is 16.4. The quantitative estimate of drug-likeness (QED) is 0.161. The predicted octanol–water partition coefficient (Wildman–Crippen LogP) is 17.5. The van der Waals surface area contributed by atoms with E-state index < -0.39 is 0 Å². The Morgan fingerprint density at radius 1 is 0.250 bits per heavy atom. The summed E-state index contributed by atoms with van der Waals surface area (Å²) in [6.07, 6.45) is 0. The van der Waals surface area contributed by atoms with Gasteiger partial charge in [0.05, 0.1) is 0 Å². The van der Waals surface area contributed by atoms with E-state index in [9.17, 15) is 0 Å². The van der Waals surface area contributed by atoms with Crippen LogP contribution < -0.4 is 4.90 Å². The van der Waals surface area contributed by atoms with Crippen LogP contribution in [0.5, 0.6) is 0 Å². The molecule has 10 aromatic carbocycles. The Morgan fingerprint density at radius 3 is 1.20 bits per heavy atom. The van der Waals surface area contributed by atoms with Crippen LogP contribution in [0.15, 0.2) is 238 Å². The third kappa shape index (κ3) is 5.77. The van der Waals surface area contributed by atoms with Crippen LogP contribution in [0.4, 0.5) is 17.1 Å². The summed E-state index contributed by atoms with van der Waals surface area (Å²) >= 11 is 0. The van der Waals surface area contributed by atoms with Gasteiger partial charge in [0.1, 0.15) is 33.5 Å². The second-order valence-corrected chi connectivity index (χ2v) is 16.4. The van der Waals surface area contributed by atoms with Crippen molar-refractivity contribution in [1.29, 1.82) is 0 Å². The van der Waals surface area contributed by atoms with Gasteiger partial charge in [0.15, 0.2) is 0 Å². The molecule has 300 valence electrons. The topological polar surface area (TPSA) is 42.7 Å². The molecule has 13 rings (SSSR count). The summed E-state index contributed by atoms with van der Waals surface area (Å²) in [5.41, 5.74) is 17.3. The Kier molecular flexibility index (Phi) is 8.18. The molecule has 0 unspecified atom stereocenters. The van der Waals surface area contributed by atoms with Gasteiger partial charge >= 0.3 is 0 Å². The van der Waals surface area contributed by atoms with Crippen LogP contribution in [0.25, 0.3) is 110 Å². The van der Waals surface area contributed by atoms with Crippen molar-refractivity contribution in [1.82, 2.24) is 0 Å². The van der Waals surface area contributed by atoms with Crippen LogP contribution in [0.1, 0.15) is 0 Å². The fourth-order valence-corrected chi connectivity index (χ4v) is 9.80. The molecule has 0 spiro atoms. The Balaban J connectivity index is 1.02. The molecule has 0 aliphatic rings. The van der Waals surface area contributed by atoms with Crippen molar-refractivity contribution in [3.8, 4) is 44.5 Å². The maximum atomic E-state index is 6.58. The number of benzene rings is 10.